The van der Waals surface area contributed by atoms with Crippen LogP contribution in [0.3, 0.4) is 0 Å². The minimum atomic E-state index is -4.74. The first-order valence-corrected chi connectivity index (χ1v) is 8.55. The Kier molecular flexibility index (Phi) is 6.43. The summed E-state index contributed by atoms with van der Waals surface area (Å²) < 4.78 is 51.3. The molecule has 162 valence electrons. The largest absolute Gasteiger partial charge is 0.471 e. The van der Waals surface area contributed by atoms with Crippen LogP contribution in [-0.2, 0) is 28.8 Å². The van der Waals surface area contributed by atoms with E-state index in [0.29, 0.717) is 11.3 Å². The molecular weight excluding hydrogens is 423 g/mol. The number of methoxy groups -OCH3 is 1. The number of nitrogens with zero attached hydrogens (tertiary/aromatic N) is 4. The van der Waals surface area contributed by atoms with Gasteiger partial charge in [0.1, 0.15) is 6.61 Å². The lowest BCUT2D eigenvalue weighted by Gasteiger charge is -2.07. The van der Waals surface area contributed by atoms with Crippen LogP contribution in [0, 0.1) is 0 Å². The number of hydrogen-bond donors (Lipinski definition) is 1. The van der Waals surface area contributed by atoms with Crippen molar-refractivity contribution in [3.05, 3.63) is 59.5 Å². The molecule has 1 N–H and O–H groups in total. The quantitative estimate of drug-likeness (QED) is 0.579. The van der Waals surface area contributed by atoms with Crippen LogP contribution in [-0.4, -0.2) is 39.3 Å². The van der Waals surface area contributed by atoms with Gasteiger partial charge >= 0.3 is 24.1 Å². The molecule has 1 amide bonds. The van der Waals surface area contributed by atoms with E-state index in [-0.39, 0.29) is 30.1 Å². The second-order valence-corrected chi connectivity index (χ2v) is 5.96. The van der Waals surface area contributed by atoms with Crippen LogP contribution in [0.4, 0.5) is 18.0 Å². The van der Waals surface area contributed by atoms with Gasteiger partial charge in [-0.3, -0.25) is 9.97 Å². The number of esters is 1. The molecule has 10 nitrogen and oxygen atoms in total. The van der Waals surface area contributed by atoms with Crippen molar-refractivity contribution in [2.24, 2.45) is 0 Å². The number of ether oxygens (including phenoxy) is 2. The van der Waals surface area contributed by atoms with Gasteiger partial charge in [0.15, 0.2) is 0 Å². The number of alkyl halides is 3. The van der Waals surface area contributed by atoms with Gasteiger partial charge in [0.05, 0.1) is 24.9 Å². The van der Waals surface area contributed by atoms with Crippen molar-refractivity contribution >= 4 is 12.1 Å². The third-order valence-corrected chi connectivity index (χ3v) is 3.75. The first-order valence-electron chi connectivity index (χ1n) is 8.55. The van der Waals surface area contributed by atoms with E-state index < -0.39 is 24.1 Å². The van der Waals surface area contributed by atoms with Crippen LogP contribution < -0.4 is 5.32 Å². The number of rotatable bonds is 6. The highest BCUT2D eigenvalue weighted by molar-refractivity contribution is 5.89. The van der Waals surface area contributed by atoms with Gasteiger partial charge in [-0.1, -0.05) is 5.16 Å². The van der Waals surface area contributed by atoms with Crippen molar-refractivity contribution in [3.8, 4) is 11.4 Å². The Hall–Kier alpha value is -4.03. The Morgan fingerprint density at radius 1 is 1.19 bits per heavy atom. The Labute approximate surface area is 172 Å². The maximum atomic E-state index is 12.5. The number of halogens is 3. The zero-order valence-electron chi connectivity index (χ0n) is 15.8. The summed E-state index contributed by atoms with van der Waals surface area (Å²) in [7, 11) is 1.24. The molecule has 0 aliphatic heterocycles. The number of amides is 1. The molecular formula is C18H14F3N5O5. The fourth-order valence-corrected chi connectivity index (χ4v) is 2.28. The lowest BCUT2D eigenvalue weighted by molar-refractivity contribution is -0.159. The molecule has 0 aliphatic carbocycles. The summed E-state index contributed by atoms with van der Waals surface area (Å²) in [6, 6.07) is 4.39. The van der Waals surface area contributed by atoms with Crippen molar-refractivity contribution in [2.45, 2.75) is 19.3 Å². The predicted molar refractivity (Wildman–Crippen MR) is 95.1 cm³/mol. The molecule has 3 heterocycles. The summed E-state index contributed by atoms with van der Waals surface area (Å²) in [5.74, 6) is -2.28. The average Bonchev–Trinajstić information content (AvgIpc) is 3.27. The van der Waals surface area contributed by atoms with Crippen LogP contribution in [0.25, 0.3) is 11.4 Å². The molecule has 31 heavy (non-hydrogen) atoms. The fraction of sp³-hybridized carbons (Fsp3) is 0.222. The van der Waals surface area contributed by atoms with Crippen LogP contribution in [0.5, 0.6) is 0 Å². The third kappa shape index (κ3) is 5.74. The molecule has 3 aromatic rings. The lowest BCUT2D eigenvalue weighted by Crippen LogP contribution is -2.24. The molecule has 13 heteroatoms. The molecule has 0 aliphatic rings. The highest BCUT2D eigenvalue weighted by atomic mass is 19.4. The molecule has 0 saturated carbocycles. The van der Waals surface area contributed by atoms with Crippen molar-refractivity contribution in [1.29, 1.82) is 0 Å². The summed E-state index contributed by atoms with van der Waals surface area (Å²) in [6.45, 7) is -0.130. The summed E-state index contributed by atoms with van der Waals surface area (Å²) in [5.41, 5.74) is 1.33. The summed E-state index contributed by atoms with van der Waals surface area (Å²) in [5, 5.41) is 5.73. The number of carbonyl (C=O) groups is 2. The summed E-state index contributed by atoms with van der Waals surface area (Å²) in [4.78, 5) is 34.5. The molecule has 0 bridgehead atoms. The molecule has 3 aromatic heterocycles. The van der Waals surface area contributed by atoms with Gasteiger partial charge in [0, 0.05) is 29.7 Å². The number of aromatic nitrogens is 4. The zero-order valence-corrected chi connectivity index (χ0v) is 15.8. The number of hydrogen-bond acceptors (Lipinski definition) is 9. The van der Waals surface area contributed by atoms with Crippen molar-refractivity contribution in [2.75, 3.05) is 7.11 Å². The van der Waals surface area contributed by atoms with Gasteiger partial charge < -0.3 is 19.3 Å². The van der Waals surface area contributed by atoms with E-state index in [4.69, 9.17) is 4.74 Å². The van der Waals surface area contributed by atoms with Gasteiger partial charge in [-0.2, -0.15) is 18.2 Å². The van der Waals surface area contributed by atoms with Gasteiger partial charge in [-0.15, -0.1) is 0 Å². The van der Waals surface area contributed by atoms with E-state index >= 15 is 0 Å². The first-order chi connectivity index (χ1) is 14.8. The van der Waals surface area contributed by atoms with Gasteiger partial charge in [0.25, 0.3) is 0 Å². The van der Waals surface area contributed by atoms with Gasteiger partial charge in [-0.25, -0.2) is 9.59 Å². The van der Waals surface area contributed by atoms with E-state index in [1.165, 1.54) is 43.9 Å². The summed E-state index contributed by atoms with van der Waals surface area (Å²) >= 11 is 0. The standard InChI is InChI=1S/C18H14F3N5O5/c1-29-15(27)12-4-10(5-22-6-12)9-30-17(28)24-8-13-3-2-11(7-23-13)14-25-16(31-26-14)18(19,20)21/h2-7H,8-9H2,1H3,(H,24,28). The van der Waals surface area contributed by atoms with Crippen molar-refractivity contribution in [3.63, 3.8) is 0 Å². The monoisotopic (exact) mass is 437 g/mol. The molecule has 0 atom stereocenters. The van der Waals surface area contributed by atoms with E-state index in [2.05, 4.69) is 34.7 Å². The van der Waals surface area contributed by atoms with E-state index in [9.17, 15) is 22.8 Å². The molecule has 0 spiro atoms. The normalized spacial score (nSPS) is 11.1. The van der Waals surface area contributed by atoms with E-state index in [1.54, 1.807) is 0 Å². The maximum Gasteiger partial charge on any atom is 0.471 e. The first kappa shape index (κ1) is 21.7. The molecule has 0 unspecified atom stereocenters. The topological polar surface area (TPSA) is 129 Å². The lowest BCUT2D eigenvalue weighted by atomic mass is 10.2. The second kappa shape index (κ2) is 9.19. The Bertz CT molecular complexity index is 1070. The maximum absolute atomic E-state index is 12.5. The van der Waals surface area contributed by atoms with Crippen molar-refractivity contribution < 1.29 is 36.8 Å². The molecule has 0 saturated heterocycles. The molecule has 0 radical (unpaired) electrons. The third-order valence-electron chi connectivity index (χ3n) is 3.75. The highest BCUT2D eigenvalue weighted by Gasteiger charge is 2.38. The van der Waals surface area contributed by atoms with Gasteiger partial charge in [-0.05, 0) is 18.2 Å². The van der Waals surface area contributed by atoms with E-state index in [0.717, 1.165) is 0 Å². The molecule has 0 fully saturated rings. The van der Waals surface area contributed by atoms with Crippen molar-refractivity contribution in [1.82, 2.24) is 25.4 Å². The number of carbonyl (C=O) groups excluding carboxylic acids is 2. The van der Waals surface area contributed by atoms with Crippen LogP contribution in [0.2, 0.25) is 0 Å². The number of pyridine rings is 2. The number of nitrogens with one attached hydrogen (secondary N) is 1. The number of alkyl carbamates (subject to hydrolysis) is 1. The minimum Gasteiger partial charge on any atom is -0.465 e. The zero-order chi connectivity index (χ0) is 22.4. The Morgan fingerprint density at radius 2 is 2.00 bits per heavy atom. The molecule has 0 aromatic carbocycles. The Balaban J connectivity index is 1.50. The predicted octanol–water partition coefficient (Wildman–Crippen LogP) is 2.76. The summed E-state index contributed by atoms with van der Waals surface area (Å²) in [6.07, 6.45) is -1.48. The van der Waals surface area contributed by atoms with E-state index in [1.807, 2.05) is 0 Å². The smallest absolute Gasteiger partial charge is 0.465 e. The van der Waals surface area contributed by atoms with Crippen LogP contribution in [0.1, 0.15) is 27.5 Å². The second-order valence-electron chi connectivity index (χ2n) is 5.96. The fourth-order valence-electron chi connectivity index (χ4n) is 2.28. The van der Waals surface area contributed by atoms with Gasteiger partial charge in [0.2, 0.25) is 5.82 Å². The van der Waals surface area contributed by atoms with Crippen LogP contribution in [0.15, 0.2) is 41.3 Å². The minimum absolute atomic E-state index is 0.000388. The molecule has 3 rings (SSSR count). The van der Waals surface area contributed by atoms with Crippen LogP contribution >= 0.6 is 0 Å². The Morgan fingerprint density at radius 3 is 2.65 bits per heavy atom. The highest BCUT2D eigenvalue weighted by Crippen LogP contribution is 2.29. The average molecular weight is 437 g/mol. The SMILES string of the molecule is COC(=O)c1cncc(COC(=O)NCc2ccc(-c3noc(C(F)(F)F)n3)cn2)c1.